The third-order valence-corrected chi connectivity index (χ3v) is 3.58. The van der Waals surface area contributed by atoms with Crippen molar-refractivity contribution in [2.45, 2.75) is 0 Å². The molecule has 0 aliphatic carbocycles. The fourth-order valence-electron chi connectivity index (χ4n) is 2.22. The molecular weight excluding hydrogens is 290 g/mol. The molecule has 0 aliphatic rings. The van der Waals surface area contributed by atoms with Crippen LogP contribution < -0.4 is 15.2 Å². The van der Waals surface area contributed by atoms with Gasteiger partial charge >= 0.3 is 0 Å². The Morgan fingerprint density at radius 3 is 2.52 bits per heavy atom. The summed E-state index contributed by atoms with van der Waals surface area (Å²) in [5.41, 5.74) is 8.93. The second kappa shape index (κ2) is 5.18. The van der Waals surface area contributed by atoms with Gasteiger partial charge in [-0.25, -0.2) is 4.98 Å². The van der Waals surface area contributed by atoms with Gasteiger partial charge < -0.3 is 20.2 Å². The summed E-state index contributed by atoms with van der Waals surface area (Å²) in [6.45, 7) is 0. The van der Waals surface area contributed by atoms with Crippen LogP contribution in [0.1, 0.15) is 0 Å². The third-order valence-electron chi connectivity index (χ3n) is 3.27. The molecule has 3 N–H and O–H groups in total. The Labute approximate surface area is 126 Å². The number of methoxy groups -OCH3 is 2. The largest absolute Gasteiger partial charge is 0.493 e. The number of aromatic amines is 1. The lowest BCUT2D eigenvalue weighted by Gasteiger charge is -2.11. The molecule has 108 valence electrons. The smallest absolute Gasteiger partial charge is 0.162 e. The number of ether oxygens (including phenoxy) is 2. The zero-order valence-electron chi connectivity index (χ0n) is 11.6. The average Bonchev–Trinajstić information content (AvgIpc) is 2.92. The molecule has 6 heteroatoms. The Balaban J connectivity index is 2.20. The van der Waals surface area contributed by atoms with Crippen molar-refractivity contribution >= 4 is 28.3 Å². The molecular formula is C15H14ClN3O2. The van der Waals surface area contributed by atoms with Gasteiger partial charge in [-0.15, -0.1) is 0 Å². The molecule has 0 atom stereocenters. The molecule has 3 rings (SSSR count). The molecule has 0 fully saturated rings. The lowest BCUT2D eigenvalue weighted by Crippen LogP contribution is -1.96. The highest BCUT2D eigenvalue weighted by atomic mass is 35.5. The summed E-state index contributed by atoms with van der Waals surface area (Å²) in [4.78, 5) is 7.72. The van der Waals surface area contributed by atoms with Crippen LogP contribution in [0.2, 0.25) is 5.02 Å². The fourth-order valence-corrected chi connectivity index (χ4v) is 2.44. The highest BCUT2D eigenvalue weighted by Crippen LogP contribution is 2.37. The summed E-state index contributed by atoms with van der Waals surface area (Å²) in [5, 5.41) is 0.592. The first-order chi connectivity index (χ1) is 10.1. The van der Waals surface area contributed by atoms with Crippen molar-refractivity contribution in [2.24, 2.45) is 0 Å². The zero-order valence-corrected chi connectivity index (χ0v) is 12.4. The van der Waals surface area contributed by atoms with Gasteiger partial charge in [0.05, 0.1) is 24.8 Å². The summed E-state index contributed by atoms with van der Waals surface area (Å²) >= 11 is 6.15. The van der Waals surface area contributed by atoms with E-state index in [1.165, 1.54) is 0 Å². The molecule has 1 aromatic heterocycles. The molecule has 5 nitrogen and oxygen atoms in total. The normalized spacial score (nSPS) is 10.8. The first-order valence-electron chi connectivity index (χ1n) is 6.30. The van der Waals surface area contributed by atoms with E-state index in [0.717, 1.165) is 11.1 Å². The van der Waals surface area contributed by atoms with Crippen LogP contribution in [0.15, 0.2) is 30.3 Å². The van der Waals surface area contributed by atoms with E-state index in [1.807, 2.05) is 12.1 Å². The molecule has 1 heterocycles. The minimum atomic E-state index is 0.544. The topological polar surface area (TPSA) is 73.2 Å². The van der Waals surface area contributed by atoms with Crippen LogP contribution in [0, 0.1) is 0 Å². The molecule has 0 bridgehead atoms. The van der Waals surface area contributed by atoms with Crippen molar-refractivity contribution in [3.05, 3.63) is 35.4 Å². The number of imidazole rings is 1. The molecule has 3 aromatic rings. The molecule has 2 aromatic carbocycles. The molecule has 0 radical (unpaired) electrons. The molecule has 0 spiro atoms. The van der Waals surface area contributed by atoms with E-state index in [0.29, 0.717) is 33.6 Å². The minimum Gasteiger partial charge on any atom is -0.493 e. The minimum absolute atomic E-state index is 0.544. The van der Waals surface area contributed by atoms with Crippen LogP contribution in [0.4, 0.5) is 5.69 Å². The number of nitrogen functional groups attached to an aromatic ring is 1. The number of benzene rings is 2. The molecule has 0 aliphatic heterocycles. The van der Waals surface area contributed by atoms with Gasteiger partial charge in [0.15, 0.2) is 11.5 Å². The van der Waals surface area contributed by atoms with Gasteiger partial charge in [-0.2, -0.15) is 0 Å². The van der Waals surface area contributed by atoms with Crippen LogP contribution in [0.25, 0.3) is 22.4 Å². The summed E-state index contributed by atoms with van der Waals surface area (Å²) in [6.07, 6.45) is 0. The molecule has 0 unspecified atom stereocenters. The van der Waals surface area contributed by atoms with Crippen molar-refractivity contribution in [3.8, 4) is 22.9 Å². The second-order valence-electron chi connectivity index (χ2n) is 4.52. The number of hydrogen-bond acceptors (Lipinski definition) is 4. The molecule has 0 saturated carbocycles. The van der Waals surface area contributed by atoms with E-state index < -0.39 is 0 Å². The third kappa shape index (κ3) is 2.25. The van der Waals surface area contributed by atoms with Crippen molar-refractivity contribution in [1.82, 2.24) is 9.97 Å². The summed E-state index contributed by atoms with van der Waals surface area (Å²) in [6, 6.07) is 9.08. The quantitative estimate of drug-likeness (QED) is 0.727. The maximum Gasteiger partial charge on any atom is 0.162 e. The lowest BCUT2D eigenvalue weighted by molar-refractivity contribution is 0.355. The number of aromatic nitrogens is 2. The number of nitrogens with zero attached hydrogens (tertiary/aromatic N) is 1. The van der Waals surface area contributed by atoms with Crippen LogP contribution >= 0.6 is 11.6 Å². The van der Waals surface area contributed by atoms with Gasteiger partial charge in [0.2, 0.25) is 0 Å². The predicted molar refractivity (Wildman–Crippen MR) is 84.1 cm³/mol. The van der Waals surface area contributed by atoms with E-state index in [4.69, 9.17) is 26.8 Å². The first kappa shape index (κ1) is 13.6. The second-order valence-corrected chi connectivity index (χ2v) is 4.92. The number of hydrogen-bond donors (Lipinski definition) is 2. The highest BCUT2D eigenvalue weighted by Gasteiger charge is 2.14. The maximum atomic E-state index is 6.15. The fraction of sp³-hybridized carbons (Fsp3) is 0.133. The van der Waals surface area contributed by atoms with Crippen molar-refractivity contribution in [3.63, 3.8) is 0 Å². The summed E-state index contributed by atoms with van der Waals surface area (Å²) in [7, 11) is 3.14. The van der Waals surface area contributed by atoms with Crippen LogP contribution in [0.5, 0.6) is 11.5 Å². The number of nitrogens with two attached hydrogens (primary N) is 1. The van der Waals surface area contributed by atoms with Crippen molar-refractivity contribution < 1.29 is 9.47 Å². The highest BCUT2D eigenvalue weighted by molar-refractivity contribution is 6.35. The van der Waals surface area contributed by atoms with Crippen LogP contribution in [-0.2, 0) is 0 Å². The monoisotopic (exact) mass is 303 g/mol. The Bertz CT molecular complexity index is 814. The van der Waals surface area contributed by atoms with Crippen molar-refractivity contribution in [1.29, 1.82) is 0 Å². The lowest BCUT2D eigenvalue weighted by atomic mass is 10.1. The van der Waals surface area contributed by atoms with Gasteiger partial charge in [0.25, 0.3) is 0 Å². The Morgan fingerprint density at radius 2 is 1.86 bits per heavy atom. The molecule has 0 saturated heterocycles. The van der Waals surface area contributed by atoms with Gasteiger partial charge in [0, 0.05) is 17.3 Å². The first-order valence-corrected chi connectivity index (χ1v) is 6.68. The van der Waals surface area contributed by atoms with E-state index in [2.05, 4.69) is 9.97 Å². The van der Waals surface area contributed by atoms with Gasteiger partial charge in [-0.3, -0.25) is 0 Å². The number of rotatable bonds is 3. The van der Waals surface area contributed by atoms with E-state index in [1.54, 1.807) is 32.4 Å². The number of anilines is 1. The van der Waals surface area contributed by atoms with E-state index >= 15 is 0 Å². The van der Waals surface area contributed by atoms with E-state index in [9.17, 15) is 0 Å². The maximum absolute atomic E-state index is 6.15. The number of fused-ring (bicyclic) bond motifs is 1. The van der Waals surface area contributed by atoms with Crippen LogP contribution in [0.3, 0.4) is 0 Å². The number of halogens is 1. The molecule has 0 amide bonds. The summed E-state index contributed by atoms with van der Waals surface area (Å²) in [5.74, 6) is 1.80. The SMILES string of the molecule is COc1cc(N)c(-c2nc3c(Cl)cccc3[nH]2)cc1OC. The van der Waals surface area contributed by atoms with Crippen molar-refractivity contribution in [2.75, 3.05) is 20.0 Å². The number of nitrogens with one attached hydrogen (secondary N) is 1. The number of para-hydroxylation sites is 1. The summed E-state index contributed by atoms with van der Waals surface area (Å²) < 4.78 is 10.5. The van der Waals surface area contributed by atoms with Crippen LogP contribution in [-0.4, -0.2) is 24.2 Å². The van der Waals surface area contributed by atoms with Gasteiger partial charge in [0.1, 0.15) is 11.3 Å². The average molecular weight is 304 g/mol. The van der Waals surface area contributed by atoms with Gasteiger partial charge in [-0.1, -0.05) is 17.7 Å². The Hall–Kier alpha value is -2.40. The van der Waals surface area contributed by atoms with E-state index in [-0.39, 0.29) is 0 Å². The number of H-pyrrole nitrogens is 1. The Kier molecular flexibility index (Phi) is 3.35. The Morgan fingerprint density at radius 1 is 1.14 bits per heavy atom. The molecule has 21 heavy (non-hydrogen) atoms. The zero-order chi connectivity index (χ0) is 15.0. The van der Waals surface area contributed by atoms with Gasteiger partial charge in [-0.05, 0) is 18.2 Å². The predicted octanol–water partition coefficient (Wildman–Crippen LogP) is 3.48. The standard InChI is InChI=1S/C15H14ClN3O2/c1-20-12-6-8(10(17)7-13(12)21-2)15-18-11-5-3-4-9(16)14(11)19-15/h3-7H,17H2,1-2H3,(H,18,19).